The quantitative estimate of drug-likeness (QED) is 0.813. The maximum Gasteiger partial charge on any atom is 0.182 e. The Hall–Kier alpha value is -1.96. The van der Waals surface area contributed by atoms with Gasteiger partial charge in [-0.15, -0.1) is 5.10 Å². The fraction of sp³-hybridized carbons (Fsp3) is 0.417. The lowest BCUT2D eigenvalue weighted by Gasteiger charge is -2.06. The predicted molar refractivity (Wildman–Crippen MR) is 76.7 cm³/mol. The van der Waals surface area contributed by atoms with Gasteiger partial charge in [-0.1, -0.05) is 19.1 Å². The zero-order chi connectivity index (χ0) is 14.8. The van der Waals surface area contributed by atoms with Gasteiger partial charge >= 0.3 is 0 Å². The Morgan fingerprint density at radius 3 is 2.75 bits per heavy atom. The molecule has 0 amide bonds. The Morgan fingerprint density at radius 1 is 1.35 bits per heavy atom. The van der Waals surface area contributed by atoms with Crippen LogP contribution in [0.4, 0.5) is 5.69 Å². The van der Waals surface area contributed by atoms with E-state index in [1.165, 1.54) is 4.68 Å². The van der Waals surface area contributed by atoms with E-state index in [2.05, 4.69) is 15.5 Å². The number of tetrazole rings is 1. The number of sulfone groups is 1. The van der Waals surface area contributed by atoms with E-state index in [1.54, 1.807) is 13.0 Å². The molecule has 0 saturated carbocycles. The average Bonchev–Trinajstić information content (AvgIpc) is 2.88. The maximum absolute atomic E-state index is 11.5. The fourth-order valence-corrected chi connectivity index (χ4v) is 2.45. The van der Waals surface area contributed by atoms with Crippen molar-refractivity contribution in [2.24, 2.45) is 0 Å². The minimum Gasteiger partial charge on any atom is -0.398 e. The van der Waals surface area contributed by atoms with Gasteiger partial charge in [0, 0.05) is 17.0 Å². The monoisotopic (exact) mass is 295 g/mol. The van der Waals surface area contributed by atoms with Gasteiger partial charge in [-0.25, -0.2) is 13.1 Å². The molecule has 0 spiro atoms. The molecule has 2 N–H and O–H groups in total. The third kappa shape index (κ3) is 3.13. The molecular formula is C12H17N5O2S. The molecule has 0 aliphatic heterocycles. The van der Waals surface area contributed by atoms with Crippen LogP contribution in [-0.4, -0.2) is 40.1 Å². The summed E-state index contributed by atoms with van der Waals surface area (Å²) >= 11 is 0. The second-order valence-corrected chi connectivity index (χ2v) is 7.01. The van der Waals surface area contributed by atoms with Crippen LogP contribution in [0.1, 0.15) is 12.5 Å². The smallest absolute Gasteiger partial charge is 0.182 e. The molecule has 0 unspecified atom stereocenters. The van der Waals surface area contributed by atoms with Crippen molar-refractivity contribution < 1.29 is 8.42 Å². The number of nitrogen functional groups attached to an aromatic ring is 1. The lowest BCUT2D eigenvalue weighted by molar-refractivity contribution is 0.577. The molecule has 0 radical (unpaired) electrons. The minimum atomic E-state index is -3.05. The van der Waals surface area contributed by atoms with Gasteiger partial charge in [0.25, 0.3) is 0 Å². The Balaban J connectivity index is 2.26. The van der Waals surface area contributed by atoms with Crippen LogP contribution < -0.4 is 5.73 Å². The van der Waals surface area contributed by atoms with Gasteiger partial charge in [0.2, 0.25) is 0 Å². The van der Waals surface area contributed by atoms with Crippen molar-refractivity contribution in [2.75, 3.05) is 17.2 Å². The molecule has 20 heavy (non-hydrogen) atoms. The Labute approximate surface area is 117 Å². The molecule has 7 nitrogen and oxygen atoms in total. The molecule has 0 atom stereocenters. The number of anilines is 1. The van der Waals surface area contributed by atoms with Crippen molar-refractivity contribution in [1.29, 1.82) is 0 Å². The normalized spacial score (nSPS) is 11.7. The van der Waals surface area contributed by atoms with Gasteiger partial charge in [0.1, 0.15) is 0 Å². The summed E-state index contributed by atoms with van der Waals surface area (Å²) in [5, 5.41) is 11.4. The molecule has 8 heteroatoms. The molecule has 1 aromatic carbocycles. The zero-order valence-corrected chi connectivity index (χ0v) is 12.3. The van der Waals surface area contributed by atoms with Crippen LogP contribution >= 0.6 is 0 Å². The summed E-state index contributed by atoms with van der Waals surface area (Å²) < 4.78 is 24.6. The van der Waals surface area contributed by atoms with Gasteiger partial charge < -0.3 is 5.73 Å². The standard InChI is InChI=1S/C12H17N5O2S/c1-3-20(18,19)7-6-17-12(14-15-16-17)10-5-4-9(2)11(13)8-10/h4-5,8H,3,6-7,13H2,1-2H3. The van der Waals surface area contributed by atoms with Gasteiger partial charge in [-0.05, 0) is 29.0 Å². The van der Waals surface area contributed by atoms with Crippen molar-refractivity contribution in [3.05, 3.63) is 23.8 Å². The molecule has 1 heterocycles. The highest BCUT2D eigenvalue weighted by Crippen LogP contribution is 2.21. The van der Waals surface area contributed by atoms with Crippen molar-refractivity contribution >= 4 is 15.5 Å². The molecular weight excluding hydrogens is 278 g/mol. The topological polar surface area (TPSA) is 104 Å². The summed E-state index contributed by atoms with van der Waals surface area (Å²) in [6.07, 6.45) is 0. The van der Waals surface area contributed by atoms with Gasteiger partial charge in [-0.2, -0.15) is 0 Å². The van der Waals surface area contributed by atoms with E-state index in [-0.39, 0.29) is 18.1 Å². The van der Waals surface area contributed by atoms with E-state index in [0.29, 0.717) is 11.5 Å². The number of hydrogen-bond acceptors (Lipinski definition) is 6. The molecule has 0 saturated heterocycles. The molecule has 0 bridgehead atoms. The van der Waals surface area contributed by atoms with Gasteiger partial charge in [0.05, 0.1) is 12.3 Å². The number of hydrogen-bond donors (Lipinski definition) is 1. The van der Waals surface area contributed by atoms with E-state index < -0.39 is 9.84 Å². The van der Waals surface area contributed by atoms with Crippen molar-refractivity contribution in [3.8, 4) is 11.4 Å². The molecule has 2 rings (SSSR count). The Bertz CT molecular complexity index is 708. The lowest BCUT2D eigenvalue weighted by Crippen LogP contribution is -2.16. The van der Waals surface area contributed by atoms with Crippen LogP contribution in [0.15, 0.2) is 18.2 Å². The van der Waals surface area contributed by atoms with Crippen LogP contribution in [0.2, 0.25) is 0 Å². The average molecular weight is 295 g/mol. The number of aryl methyl sites for hydroxylation is 2. The highest BCUT2D eigenvalue weighted by Gasteiger charge is 2.13. The number of aromatic nitrogens is 4. The minimum absolute atomic E-state index is 0.0167. The molecule has 0 aliphatic rings. The third-order valence-corrected chi connectivity index (χ3v) is 4.81. The van der Waals surface area contributed by atoms with E-state index >= 15 is 0 Å². The van der Waals surface area contributed by atoms with Crippen LogP contribution in [0.3, 0.4) is 0 Å². The highest BCUT2D eigenvalue weighted by atomic mass is 32.2. The summed E-state index contributed by atoms with van der Waals surface area (Å²) in [7, 11) is -3.05. The van der Waals surface area contributed by atoms with Gasteiger partial charge in [-0.3, -0.25) is 0 Å². The van der Waals surface area contributed by atoms with Crippen LogP contribution in [0, 0.1) is 6.92 Å². The van der Waals surface area contributed by atoms with Crippen LogP contribution in [0.5, 0.6) is 0 Å². The van der Waals surface area contributed by atoms with Crippen LogP contribution in [0.25, 0.3) is 11.4 Å². The maximum atomic E-state index is 11.5. The molecule has 108 valence electrons. The second-order valence-electron chi connectivity index (χ2n) is 4.53. The van der Waals surface area contributed by atoms with Crippen molar-refractivity contribution in [2.45, 2.75) is 20.4 Å². The fourth-order valence-electron chi connectivity index (χ4n) is 1.71. The number of nitrogens with zero attached hydrogens (tertiary/aromatic N) is 4. The van der Waals surface area contributed by atoms with Gasteiger partial charge in [0.15, 0.2) is 15.7 Å². The van der Waals surface area contributed by atoms with E-state index in [9.17, 15) is 8.42 Å². The second kappa shape index (κ2) is 5.58. The van der Waals surface area contributed by atoms with E-state index in [4.69, 9.17) is 5.73 Å². The summed E-state index contributed by atoms with van der Waals surface area (Å²) in [5.74, 6) is 0.646. The first kappa shape index (κ1) is 14.4. The van der Waals surface area contributed by atoms with E-state index in [1.807, 2.05) is 19.1 Å². The molecule has 1 aromatic heterocycles. The van der Waals surface area contributed by atoms with Crippen LogP contribution in [-0.2, 0) is 16.4 Å². The zero-order valence-electron chi connectivity index (χ0n) is 11.4. The molecule has 0 fully saturated rings. The highest BCUT2D eigenvalue weighted by molar-refractivity contribution is 7.91. The summed E-state index contributed by atoms with van der Waals surface area (Å²) in [4.78, 5) is 0. The largest absolute Gasteiger partial charge is 0.398 e. The van der Waals surface area contributed by atoms with E-state index in [0.717, 1.165) is 11.1 Å². The summed E-state index contributed by atoms with van der Waals surface area (Å²) in [6.45, 7) is 3.76. The number of benzene rings is 1. The van der Waals surface area contributed by atoms with Crippen molar-refractivity contribution in [3.63, 3.8) is 0 Å². The Kier molecular flexibility index (Phi) is 4.03. The predicted octanol–water partition coefficient (Wildman–Crippen LogP) is 0.665. The first-order valence-electron chi connectivity index (χ1n) is 6.26. The summed E-state index contributed by atoms with van der Waals surface area (Å²) in [6, 6.07) is 5.53. The number of nitrogens with two attached hydrogens (primary N) is 1. The first-order chi connectivity index (χ1) is 9.43. The first-order valence-corrected chi connectivity index (χ1v) is 8.08. The SMILES string of the molecule is CCS(=O)(=O)CCn1nnnc1-c1ccc(C)c(N)c1. The lowest BCUT2D eigenvalue weighted by atomic mass is 10.1. The Morgan fingerprint density at radius 2 is 2.10 bits per heavy atom. The van der Waals surface area contributed by atoms with Crippen molar-refractivity contribution in [1.82, 2.24) is 20.2 Å². The molecule has 2 aromatic rings. The number of rotatable bonds is 5. The third-order valence-electron chi connectivity index (χ3n) is 3.12. The summed E-state index contributed by atoms with van der Waals surface area (Å²) in [5.41, 5.74) is 8.26. The molecule has 0 aliphatic carbocycles.